The highest BCUT2D eigenvalue weighted by Gasteiger charge is 2.18. The third kappa shape index (κ3) is 2.60. The number of benzene rings is 2. The largest absolute Gasteiger partial charge is 0.342 e. The van der Waals surface area contributed by atoms with Crippen LogP contribution in [-0.2, 0) is 6.54 Å². The molecule has 1 unspecified atom stereocenters. The first-order valence-corrected chi connectivity index (χ1v) is 7.51. The van der Waals surface area contributed by atoms with Gasteiger partial charge in [-0.15, -0.1) is 0 Å². The quantitative estimate of drug-likeness (QED) is 0.799. The van der Waals surface area contributed by atoms with Crippen LogP contribution in [0.25, 0.3) is 11.0 Å². The van der Waals surface area contributed by atoms with Crippen LogP contribution in [0.3, 0.4) is 0 Å². The number of nitrogens with one attached hydrogen (secondary N) is 1. The van der Waals surface area contributed by atoms with E-state index in [4.69, 9.17) is 0 Å². The number of imidazole rings is 1. The number of hydrogen-bond acceptors (Lipinski definition) is 2. The summed E-state index contributed by atoms with van der Waals surface area (Å²) in [6.07, 6.45) is 0. The summed E-state index contributed by atoms with van der Waals surface area (Å²) in [5, 5.41) is 3.03. The Morgan fingerprint density at radius 3 is 2.55 bits per heavy atom. The van der Waals surface area contributed by atoms with Gasteiger partial charge in [0.15, 0.2) is 0 Å². The first kappa shape index (κ1) is 14.3. The zero-order chi connectivity index (χ0) is 15.5. The molecule has 1 amide bonds. The monoisotopic (exact) mass is 293 g/mol. The average Bonchev–Trinajstić information content (AvgIpc) is 2.94. The zero-order valence-electron chi connectivity index (χ0n) is 12.8. The topological polar surface area (TPSA) is 46.9 Å². The summed E-state index contributed by atoms with van der Waals surface area (Å²) in [6, 6.07) is 17.1. The molecule has 1 N–H and O–H groups in total. The molecule has 0 bridgehead atoms. The van der Waals surface area contributed by atoms with Gasteiger partial charge in [0.25, 0.3) is 5.91 Å². The van der Waals surface area contributed by atoms with Crippen LogP contribution in [0.15, 0.2) is 54.6 Å². The smallest absolute Gasteiger partial charge is 0.251 e. The molecule has 4 nitrogen and oxygen atoms in total. The maximum absolute atomic E-state index is 12.3. The highest BCUT2D eigenvalue weighted by Crippen LogP contribution is 2.20. The van der Waals surface area contributed by atoms with E-state index in [1.165, 1.54) is 0 Å². The predicted octanol–water partition coefficient (Wildman–Crippen LogP) is 3.55. The second-order valence-corrected chi connectivity index (χ2v) is 5.26. The van der Waals surface area contributed by atoms with E-state index in [0.29, 0.717) is 5.56 Å². The summed E-state index contributed by atoms with van der Waals surface area (Å²) in [5.74, 6) is 0.802. The third-order valence-electron chi connectivity index (χ3n) is 3.77. The number of carbonyl (C=O) groups is 1. The molecule has 0 saturated heterocycles. The Kier molecular flexibility index (Phi) is 3.92. The van der Waals surface area contributed by atoms with Crippen LogP contribution >= 0.6 is 0 Å². The van der Waals surface area contributed by atoms with Crippen LogP contribution in [0.4, 0.5) is 0 Å². The van der Waals surface area contributed by atoms with Gasteiger partial charge in [-0.25, -0.2) is 4.98 Å². The van der Waals surface area contributed by atoms with Crippen molar-refractivity contribution < 1.29 is 4.79 Å². The van der Waals surface area contributed by atoms with E-state index < -0.39 is 0 Å². The van der Waals surface area contributed by atoms with E-state index in [9.17, 15) is 4.79 Å². The lowest BCUT2D eigenvalue weighted by Crippen LogP contribution is -2.28. The van der Waals surface area contributed by atoms with E-state index >= 15 is 0 Å². The Bertz CT molecular complexity index is 792. The Morgan fingerprint density at radius 2 is 1.82 bits per heavy atom. The highest BCUT2D eigenvalue weighted by atomic mass is 16.1. The fourth-order valence-electron chi connectivity index (χ4n) is 2.69. The molecule has 0 spiro atoms. The van der Waals surface area contributed by atoms with Crippen molar-refractivity contribution in [2.24, 2.45) is 0 Å². The van der Waals surface area contributed by atoms with Gasteiger partial charge >= 0.3 is 0 Å². The fraction of sp³-hybridized carbons (Fsp3) is 0.222. The highest BCUT2D eigenvalue weighted by molar-refractivity contribution is 5.94. The summed E-state index contributed by atoms with van der Waals surface area (Å²) >= 11 is 0. The van der Waals surface area contributed by atoms with Crippen molar-refractivity contribution in [3.8, 4) is 0 Å². The number of nitrogens with zero attached hydrogens (tertiary/aromatic N) is 2. The number of rotatable bonds is 4. The zero-order valence-corrected chi connectivity index (χ0v) is 12.8. The number of amides is 1. The van der Waals surface area contributed by atoms with Crippen LogP contribution in [0.5, 0.6) is 0 Å². The van der Waals surface area contributed by atoms with Gasteiger partial charge in [0.1, 0.15) is 5.82 Å². The molecule has 1 atom stereocenters. The normalized spacial score (nSPS) is 12.3. The van der Waals surface area contributed by atoms with Crippen molar-refractivity contribution in [1.29, 1.82) is 0 Å². The van der Waals surface area contributed by atoms with Gasteiger partial charge < -0.3 is 9.88 Å². The van der Waals surface area contributed by atoms with Gasteiger partial charge in [0.05, 0.1) is 17.1 Å². The van der Waals surface area contributed by atoms with Crippen molar-refractivity contribution in [3.63, 3.8) is 0 Å². The van der Waals surface area contributed by atoms with Crippen molar-refractivity contribution in [2.45, 2.75) is 26.4 Å². The molecule has 2 aromatic carbocycles. The van der Waals surface area contributed by atoms with E-state index in [1.807, 2.05) is 55.5 Å². The minimum Gasteiger partial charge on any atom is -0.342 e. The molecule has 0 aliphatic rings. The Morgan fingerprint density at radius 1 is 1.14 bits per heavy atom. The van der Waals surface area contributed by atoms with Crippen LogP contribution in [0.1, 0.15) is 36.1 Å². The summed E-state index contributed by atoms with van der Waals surface area (Å²) in [4.78, 5) is 17.0. The second kappa shape index (κ2) is 6.02. The minimum atomic E-state index is -0.153. The average molecular weight is 293 g/mol. The first-order valence-electron chi connectivity index (χ1n) is 7.51. The summed E-state index contributed by atoms with van der Waals surface area (Å²) in [6.45, 7) is 4.87. The number of carbonyl (C=O) groups excluding carboxylic acids is 1. The molecule has 0 aliphatic carbocycles. The van der Waals surface area contributed by atoms with Crippen LogP contribution in [0.2, 0.25) is 0 Å². The van der Waals surface area contributed by atoms with E-state index in [2.05, 4.69) is 27.9 Å². The Balaban J connectivity index is 1.89. The molecular formula is C18H19N3O. The molecule has 3 aromatic rings. The summed E-state index contributed by atoms with van der Waals surface area (Å²) in [7, 11) is 0. The Hall–Kier alpha value is -2.62. The van der Waals surface area contributed by atoms with Crippen molar-refractivity contribution >= 4 is 16.9 Å². The van der Waals surface area contributed by atoms with Gasteiger partial charge in [0, 0.05) is 12.1 Å². The molecule has 22 heavy (non-hydrogen) atoms. The number of aryl methyl sites for hydroxylation is 1. The number of fused-ring (bicyclic) bond motifs is 1. The van der Waals surface area contributed by atoms with Crippen molar-refractivity contribution in [2.75, 3.05) is 0 Å². The minimum absolute atomic E-state index is 0.0807. The van der Waals surface area contributed by atoms with Gasteiger partial charge in [-0.1, -0.05) is 30.3 Å². The van der Waals surface area contributed by atoms with Crippen LogP contribution < -0.4 is 5.32 Å². The molecule has 1 aromatic heterocycles. The van der Waals surface area contributed by atoms with Gasteiger partial charge in [-0.05, 0) is 38.1 Å². The summed E-state index contributed by atoms with van der Waals surface area (Å²) in [5.41, 5.74) is 2.72. The molecule has 1 heterocycles. The van der Waals surface area contributed by atoms with Crippen LogP contribution in [-0.4, -0.2) is 15.5 Å². The SMILES string of the molecule is CCn1c(C(C)NC(=O)c2ccccc2)nc2ccccc21. The molecule has 0 radical (unpaired) electrons. The number of aromatic nitrogens is 2. The second-order valence-electron chi connectivity index (χ2n) is 5.26. The lowest BCUT2D eigenvalue weighted by atomic mass is 10.2. The first-order chi connectivity index (χ1) is 10.7. The van der Waals surface area contributed by atoms with E-state index in [1.54, 1.807) is 0 Å². The molecule has 112 valence electrons. The maximum Gasteiger partial charge on any atom is 0.251 e. The third-order valence-corrected chi connectivity index (χ3v) is 3.77. The Labute approximate surface area is 129 Å². The molecule has 0 aliphatic heterocycles. The molecule has 0 saturated carbocycles. The number of hydrogen-bond donors (Lipinski definition) is 1. The van der Waals surface area contributed by atoms with Gasteiger partial charge in [0.2, 0.25) is 0 Å². The molecule has 0 fully saturated rings. The lowest BCUT2D eigenvalue weighted by Gasteiger charge is -2.15. The van der Waals surface area contributed by atoms with E-state index in [-0.39, 0.29) is 11.9 Å². The van der Waals surface area contributed by atoms with Gasteiger partial charge in [-0.2, -0.15) is 0 Å². The molecule has 3 rings (SSSR count). The van der Waals surface area contributed by atoms with E-state index in [0.717, 1.165) is 23.4 Å². The van der Waals surface area contributed by atoms with Crippen molar-refractivity contribution in [3.05, 3.63) is 66.0 Å². The maximum atomic E-state index is 12.3. The fourth-order valence-corrected chi connectivity index (χ4v) is 2.69. The molecule has 4 heteroatoms. The molecular weight excluding hydrogens is 274 g/mol. The summed E-state index contributed by atoms with van der Waals surface area (Å²) < 4.78 is 2.14. The van der Waals surface area contributed by atoms with Gasteiger partial charge in [-0.3, -0.25) is 4.79 Å². The standard InChI is InChI=1S/C18H19N3O/c1-3-21-16-12-8-7-11-15(16)20-17(21)13(2)19-18(22)14-9-5-4-6-10-14/h4-13H,3H2,1-2H3,(H,19,22). The van der Waals surface area contributed by atoms with Crippen molar-refractivity contribution in [1.82, 2.24) is 14.9 Å². The number of para-hydroxylation sites is 2. The van der Waals surface area contributed by atoms with Crippen LogP contribution in [0, 0.1) is 0 Å². The lowest BCUT2D eigenvalue weighted by molar-refractivity contribution is 0.0937. The predicted molar refractivity (Wildman–Crippen MR) is 87.7 cm³/mol.